The molecule has 1 saturated heterocycles. The molecular formula is C12H20N2O2. The third kappa shape index (κ3) is 1.84. The molecule has 3 fully saturated rings. The number of hydrogen-bond donors (Lipinski definition) is 3. The van der Waals surface area contributed by atoms with E-state index in [4.69, 9.17) is 0 Å². The van der Waals surface area contributed by atoms with Crippen LogP contribution >= 0.6 is 0 Å². The Morgan fingerprint density at radius 3 is 2.69 bits per heavy atom. The second-order valence-corrected chi connectivity index (χ2v) is 5.64. The van der Waals surface area contributed by atoms with E-state index in [1.54, 1.807) is 0 Å². The van der Waals surface area contributed by atoms with Crippen molar-refractivity contribution >= 4 is 5.91 Å². The van der Waals surface area contributed by atoms with E-state index < -0.39 is 0 Å². The van der Waals surface area contributed by atoms with E-state index in [-0.39, 0.29) is 18.1 Å². The first-order valence-electron chi connectivity index (χ1n) is 6.44. The van der Waals surface area contributed by atoms with Gasteiger partial charge in [-0.25, -0.2) is 0 Å². The number of aliphatic hydroxyl groups is 1. The molecule has 2 aliphatic carbocycles. The lowest BCUT2D eigenvalue weighted by Crippen LogP contribution is -2.46. The summed E-state index contributed by atoms with van der Waals surface area (Å²) in [6, 6.07) is 0.236. The normalized spacial score (nSPS) is 46.2. The number of nitrogens with one attached hydrogen (secondary N) is 2. The monoisotopic (exact) mass is 224 g/mol. The van der Waals surface area contributed by atoms with Crippen LogP contribution in [0.4, 0.5) is 0 Å². The summed E-state index contributed by atoms with van der Waals surface area (Å²) in [7, 11) is 0. The Hall–Kier alpha value is -0.610. The van der Waals surface area contributed by atoms with Gasteiger partial charge in [0.05, 0.1) is 12.1 Å². The molecule has 3 N–H and O–H groups in total. The first-order chi connectivity index (χ1) is 7.72. The van der Waals surface area contributed by atoms with Crippen LogP contribution in [-0.4, -0.2) is 35.7 Å². The van der Waals surface area contributed by atoms with E-state index >= 15 is 0 Å². The highest BCUT2D eigenvalue weighted by Gasteiger charge is 2.41. The zero-order chi connectivity index (χ0) is 11.1. The zero-order valence-electron chi connectivity index (χ0n) is 9.48. The fourth-order valence-corrected chi connectivity index (χ4v) is 3.62. The van der Waals surface area contributed by atoms with Crippen LogP contribution in [0, 0.1) is 11.8 Å². The smallest absolute Gasteiger partial charge is 0.237 e. The molecule has 3 aliphatic rings. The molecule has 5 atom stereocenters. The third-order valence-corrected chi connectivity index (χ3v) is 4.49. The number of amides is 1. The Morgan fingerprint density at radius 2 is 2.12 bits per heavy atom. The molecule has 2 saturated carbocycles. The maximum absolute atomic E-state index is 11.9. The molecule has 16 heavy (non-hydrogen) atoms. The SMILES string of the molecule is O=C(NC1CC2CCC1C2)C1CC(O)CN1. The Balaban J connectivity index is 1.53. The van der Waals surface area contributed by atoms with Crippen LogP contribution in [0.1, 0.15) is 32.1 Å². The van der Waals surface area contributed by atoms with Crippen molar-refractivity contribution in [2.75, 3.05) is 6.54 Å². The predicted octanol–water partition coefficient (Wildman–Crippen LogP) is 0.0140. The quantitative estimate of drug-likeness (QED) is 0.619. The van der Waals surface area contributed by atoms with E-state index in [2.05, 4.69) is 10.6 Å². The summed E-state index contributed by atoms with van der Waals surface area (Å²) in [4.78, 5) is 11.9. The average molecular weight is 224 g/mol. The van der Waals surface area contributed by atoms with Gasteiger partial charge in [0.1, 0.15) is 0 Å². The van der Waals surface area contributed by atoms with E-state index in [1.165, 1.54) is 25.7 Å². The van der Waals surface area contributed by atoms with Gasteiger partial charge in [0.2, 0.25) is 5.91 Å². The first kappa shape index (κ1) is 10.5. The summed E-state index contributed by atoms with van der Waals surface area (Å²) in [6.07, 6.45) is 5.34. The largest absolute Gasteiger partial charge is 0.392 e. The van der Waals surface area contributed by atoms with Gasteiger partial charge < -0.3 is 15.7 Å². The Morgan fingerprint density at radius 1 is 1.25 bits per heavy atom. The fourth-order valence-electron chi connectivity index (χ4n) is 3.62. The fraction of sp³-hybridized carbons (Fsp3) is 0.917. The molecule has 2 bridgehead atoms. The van der Waals surface area contributed by atoms with Crippen molar-refractivity contribution in [3.8, 4) is 0 Å². The Labute approximate surface area is 95.8 Å². The molecule has 90 valence electrons. The Kier molecular flexibility index (Phi) is 2.64. The first-order valence-corrected chi connectivity index (χ1v) is 6.44. The van der Waals surface area contributed by atoms with E-state index in [0.29, 0.717) is 19.0 Å². The molecule has 3 rings (SSSR count). The number of rotatable bonds is 2. The van der Waals surface area contributed by atoms with Crippen molar-refractivity contribution < 1.29 is 9.90 Å². The highest BCUT2D eigenvalue weighted by atomic mass is 16.3. The molecule has 1 aliphatic heterocycles. The molecule has 5 unspecified atom stereocenters. The van der Waals surface area contributed by atoms with Gasteiger partial charge in [-0.15, -0.1) is 0 Å². The summed E-state index contributed by atoms with van der Waals surface area (Å²) in [5, 5.41) is 15.6. The van der Waals surface area contributed by atoms with Gasteiger partial charge in [-0.3, -0.25) is 4.79 Å². The van der Waals surface area contributed by atoms with Crippen molar-refractivity contribution in [3.63, 3.8) is 0 Å². The van der Waals surface area contributed by atoms with Crippen molar-refractivity contribution in [1.82, 2.24) is 10.6 Å². The standard InChI is InChI=1S/C12H20N2O2/c15-9-5-11(13-6-9)12(16)14-10-4-7-1-2-8(10)3-7/h7-11,13,15H,1-6H2,(H,14,16). The van der Waals surface area contributed by atoms with Crippen molar-refractivity contribution in [2.24, 2.45) is 11.8 Å². The van der Waals surface area contributed by atoms with E-state index in [1.807, 2.05) is 0 Å². The van der Waals surface area contributed by atoms with Crippen molar-refractivity contribution in [3.05, 3.63) is 0 Å². The van der Waals surface area contributed by atoms with Crippen LogP contribution in [0.3, 0.4) is 0 Å². The second kappa shape index (κ2) is 4.00. The van der Waals surface area contributed by atoms with Gasteiger partial charge in [0.15, 0.2) is 0 Å². The lowest BCUT2D eigenvalue weighted by molar-refractivity contribution is -0.124. The molecule has 0 aromatic carbocycles. The lowest BCUT2D eigenvalue weighted by atomic mass is 9.95. The van der Waals surface area contributed by atoms with Gasteiger partial charge in [-0.1, -0.05) is 6.42 Å². The number of carbonyl (C=O) groups is 1. The number of carbonyl (C=O) groups excluding carboxylic acids is 1. The van der Waals surface area contributed by atoms with Crippen LogP contribution < -0.4 is 10.6 Å². The lowest BCUT2D eigenvalue weighted by Gasteiger charge is -2.24. The molecule has 0 spiro atoms. The Bertz CT molecular complexity index is 295. The maximum Gasteiger partial charge on any atom is 0.237 e. The van der Waals surface area contributed by atoms with Crippen LogP contribution in [0.2, 0.25) is 0 Å². The molecule has 0 aromatic heterocycles. The molecule has 4 nitrogen and oxygen atoms in total. The van der Waals surface area contributed by atoms with Crippen LogP contribution in [0.5, 0.6) is 0 Å². The van der Waals surface area contributed by atoms with Crippen molar-refractivity contribution in [1.29, 1.82) is 0 Å². The molecular weight excluding hydrogens is 204 g/mol. The highest BCUT2D eigenvalue weighted by molar-refractivity contribution is 5.82. The van der Waals surface area contributed by atoms with Crippen LogP contribution in [0.15, 0.2) is 0 Å². The summed E-state index contributed by atoms with van der Waals surface area (Å²) < 4.78 is 0. The van der Waals surface area contributed by atoms with E-state index in [9.17, 15) is 9.90 Å². The summed E-state index contributed by atoms with van der Waals surface area (Å²) in [5.41, 5.74) is 0. The third-order valence-electron chi connectivity index (χ3n) is 4.49. The van der Waals surface area contributed by atoms with Crippen LogP contribution in [-0.2, 0) is 4.79 Å². The summed E-state index contributed by atoms with van der Waals surface area (Å²) in [5.74, 6) is 1.67. The van der Waals surface area contributed by atoms with Gasteiger partial charge >= 0.3 is 0 Å². The topological polar surface area (TPSA) is 61.4 Å². The minimum Gasteiger partial charge on any atom is -0.392 e. The zero-order valence-corrected chi connectivity index (χ0v) is 9.48. The highest BCUT2D eigenvalue weighted by Crippen LogP contribution is 2.44. The average Bonchev–Trinajstić information content (AvgIpc) is 2.92. The van der Waals surface area contributed by atoms with Crippen molar-refractivity contribution in [2.45, 2.75) is 50.3 Å². The summed E-state index contributed by atoms with van der Waals surface area (Å²) >= 11 is 0. The minimum atomic E-state index is -0.351. The maximum atomic E-state index is 11.9. The molecule has 0 radical (unpaired) electrons. The summed E-state index contributed by atoms with van der Waals surface area (Å²) in [6.45, 7) is 0.550. The molecule has 0 aromatic rings. The predicted molar refractivity (Wildman–Crippen MR) is 59.8 cm³/mol. The number of β-amino-alcohol motifs (C(OH)–C–C–N with tert-alkyl or cyclic N) is 1. The van der Waals surface area contributed by atoms with Gasteiger partial charge in [0.25, 0.3) is 0 Å². The molecule has 1 amide bonds. The number of hydrogen-bond acceptors (Lipinski definition) is 3. The minimum absolute atomic E-state index is 0.0918. The second-order valence-electron chi connectivity index (χ2n) is 5.64. The van der Waals surface area contributed by atoms with Crippen LogP contribution in [0.25, 0.3) is 0 Å². The number of fused-ring (bicyclic) bond motifs is 2. The van der Waals surface area contributed by atoms with Gasteiger partial charge in [0, 0.05) is 12.6 Å². The van der Waals surface area contributed by atoms with Gasteiger partial charge in [-0.2, -0.15) is 0 Å². The van der Waals surface area contributed by atoms with E-state index in [0.717, 1.165) is 11.8 Å². The number of aliphatic hydroxyl groups excluding tert-OH is 1. The van der Waals surface area contributed by atoms with Gasteiger partial charge in [-0.05, 0) is 37.5 Å². The molecule has 4 heteroatoms. The molecule has 1 heterocycles.